The van der Waals surface area contributed by atoms with Gasteiger partial charge in [0.25, 0.3) is 0 Å². The van der Waals surface area contributed by atoms with E-state index in [0.29, 0.717) is 0 Å². The van der Waals surface area contributed by atoms with Crippen LogP contribution < -0.4 is 5.32 Å². The molecule has 94 valence electrons. The Morgan fingerprint density at radius 2 is 2.11 bits per heavy atom. The van der Waals surface area contributed by atoms with Crippen LogP contribution in [0.5, 0.6) is 0 Å². The average Bonchev–Trinajstić information content (AvgIpc) is 2.39. The first-order valence-electron chi connectivity index (χ1n) is 6.64. The molecule has 18 heavy (non-hydrogen) atoms. The van der Waals surface area contributed by atoms with Crippen molar-refractivity contribution in [2.45, 2.75) is 32.6 Å². The van der Waals surface area contributed by atoms with Crippen LogP contribution in [0.2, 0.25) is 5.02 Å². The maximum atomic E-state index is 6.12. The van der Waals surface area contributed by atoms with E-state index < -0.39 is 0 Å². The fraction of sp³-hybridized carbons (Fsp3) is 0.400. The van der Waals surface area contributed by atoms with Gasteiger partial charge in [0.15, 0.2) is 0 Å². The molecule has 2 aromatic rings. The minimum absolute atomic E-state index is 0.777. The molecule has 3 rings (SSSR count). The molecule has 0 saturated heterocycles. The molecule has 0 spiro atoms. The number of nitrogens with zero attached hydrogens (tertiary/aromatic N) is 1. The van der Waals surface area contributed by atoms with Gasteiger partial charge in [0.05, 0.1) is 5.52 Å². The highest BCUT2D eigenvalue weighted by atomic mass is 35.5. The fourth-order valence-electron chi connectivity index (χ4n) is 2.77. The van der Waals surface area contributed by atoms with Crippen LogP contribution in [0, 0.1) is 0 Å². The van der Waals surface area contributed by atoms with Gasteiger partial charge in [0, 0.05) is 28.3 Å². The van der Waals surface area contributed by atoms with Crippen molar-refractivity contribution >= 4 is 28.2 Å². The van der Waals surface area contributed by atoms with Crippen molar-refractivity contribution in [2.75, 3.05) is 11.9 Å². The van der Waals surface area contributed by atoms with Crippen LogP contribution in [0.25, 0.3) is 10.9 Å². The van der Waals surface area contributed by atoms with Crippen LogP contribution >= 0.6 is 11.6 Å². The minimum Gasteiger partial charge on any atom is -0.384 e. The van der Waals surface area contributed by atoms with Gasteiger partial charge in [-0.2, -0.15) is 0 Å². The highest BCUT2D eigenvalue weighted by Gasteiger charge is 2.17. The molecule has 0 atom stereocenters. The Balaban J connectivity index is 2.30. The number of fused-ring (bicyclic) bond motifs is 2. The predicted molar refractivity (Wildman–Crippen MR) is 77.6 cm³/mol. The van der Waals surface area contributed by atoms with Crippen LogP contribution in [0.1, 0.15) is 31.0 Å². The lowest BCUT2D eigenvalue weighted by molar-refractivity contribution is 0.672. The third kappa shape index (κ3) is 1.95. The Morgan fingerprint density at radius 1 is 1.28 bits per heavy atom. The Bertz CT molecular complexity index is 593. The number of halogens is 1. The molecule has 1 aromatic carbocycles. The Hall–Kier alpha value is -1.28. The number of aryl methyl sites for hydroxylation is 1. The van der Waals surface area contributed by atoms with E-state index in [9.17, 15) is 0 Å². The number of benzene rings is 1. The van der Waals surface area contributed by atoms with Crippen LogP contribution in [0.15, 0.2) is 18.2 Å². The van der Waals surface area contributed by atoms with E-state index in [4.69, 9.17) is 16.6 Å². The first-order valence-corrected chi connectivity index (χ1v) is 7.02. The standard InChI is InChI=1S/C15H17ClN2/c1-2-17-15-11-5-3-4-6-13(11)18-14-8-7-10(16)9-12(14)15/h7-9H,2-6H2,1H3,(H,17,18). The molecule has 1 aliphatic rings. The lowest BCUT2D eigenvalue weighted by atomic mass is 9.92. The van der Waals surface area contributed by atoms with Gasteiger partial charge in [-0.15, -0.1) is 0 Å². The summed E-state index contributed by atoms with van der Waals surface area (Å²) in [6.07, 6.45) is 4.75. The third-order valence-corrected chi connectivity index (χ3v) is 3.81. The molecule has 0 fully saturated rings. The summed E-state index contributed by atoms with van der Waals surface area (Å²) in [6, 6.07) is 5.96. The zero-order valence-electron chi connectivity index (χ0n) is 10.6. The zero-order chi connectivity index (χ0) is 12.5. The topological polar surface area (TPSA) is 24.9 Å². The summed E-state index contributed by atoms with van der Waals surface area (Å²) >= 11 is 6.12. The molecule has 2 nitrogen and oxygen atoms in total. The first kappa shape index (κ1) is 11.8. The Labute approximate surface area is 112 Å². The number of hydrogen-bond acceptors (Lipinski definition) is 2. The van der Waals surface area contributed by atoms with E-state index in [0.717, 1.165) is 35.3 Å². The molecule has 1 aliphatic carbocycles. The first-order chi connectivity index (χ1) is 8.79. The largest absolute Gasteiger partial charge is 0.384 e. The molecule has 0 saturated carbocycles. The minimum atomic E-state index is 0.777. The normalized spacial score (nSPS) is 14.6. The summed E-state index contributed by atoms with van der Waals surface area (Å²) in [6.45, 7) is 3.06. The quantitative estimate of drug-likeness (QED) is 0.875. The monoisotopic (exact) mass is 260 g/mol. The van der Waals surface area contributed by atoms with E-state index in [2.05, 4.69) is 12.2 Å². The Kier molecular flexibility index (Phi) is 3.13. The van der Waals surface area contributed by atoms with E-state index in [1.165, 1.54) is 29.8 Å². The van der Waals surface area contributed by atoms with Gasteiger partial charge < -0.3 is 5.32 Å². The molecule has 0 bridgehead atoms. The van der Waals surface area contributed by atoms with Gasteiger partial charge in [0.1, 0.15) is 0 Å². The summed E-state index contributed by atoms with van der Waals surface area (Å²) in [5, 5.41) is 5.44. The highest BCUT2D eigenvalue weighted by molar-refractivity contribution is 6.31. The lowest BCUT2D eigenvalue weighted by Crippen LogP contribution is -2.11. The van der Waals surface area contributed by atoms with Gasteiger partial charge in [-0.25, -0.2) is 0 Å². The molecule has 0 radical (unpaired) electrons. The SMILES string of the molecule is CCNc1c2c(nc3ccc(Cl)cc13)CCCC2. The van der Waals surface area contributed by atoms with Crippen molar-refractivity contribution in [3.63, 3.8) is 0 Å². The second kappa shape index (κ2) is 4.77. The summed E-state index contributed by atoms with van der Waals surface area (Å²) in [5.41, 5.74) is 4.97. The van der Waals surface area contributed by atoms with Crippen molar-refractivity contribution in [3.8, 4) is 0 Å². The molecule has 3 heteroatoms. The van der Waals surface area contributed by atoms with Crippen LogP contribution in [-0.4, -0.2) is 11.5 Å². The molecule has 1 heterocycles. The molecule has 1 aromatic heterocycles. The summed E-state index contributed by atoms with van der Waals surface area (Å²) in [7, 11) is 0. The maximum Gasteiger partial charge on any atom is 0.0727 e. The molecule has 0 amide bonds. The van der Waals surface area contributed by atoms with Crippen molar-refractivity contribution in [1.82, 2.24) is 4.98 Å². The number of aromatic nitrogens is 1. The number of anilines is 1. The summed E-state index contributed by atoms with van der Waals surface area (Å²) in [5.74, 6) is 0. The van der Waals surface area contributed by atoms with Crippen LogP contribution in [0.3, 0.4) is 0 Å². The van der Waals surface area contributed by atoms with Gasteiger partial charge in [-0.05, 0) is 56.4 Å². The smallest absolute Gasteiger partial charge is 0.0727 e. The third-order valence-electron chi connectivity index (χ3n) is 3.58. The number of hydrogen-bond donors (Lipinski definition) is 1. The predicted octanol–water partition coefficient (Wildman–Crippen LogP) is 4.20. The Morgan fingerprint density at radius 3 is 2.94 bits per heavy atom. The average molecular weight is 261 g/mol. The lowest BCUT2D eigenvalue weighted by Gasteiger charge is -2.21. The summed E-state index contributed by atoms with van der Waals surface area (Å²) in [4.78, 5) is 4.80. The van der Waals surface area contributed by atoms with Crippen molar-refractivity contribution < 1.29 is 0 Å². The molecule has 1 N–H and O–H groups in total. The molecule has 0 aliphatic heterocycles. The van der Waals surface area contributed by atoms with Crippen molar-refractivity contribution in [3.05, 3.63) is 34.5 Å². The maximum absolute atomic E-state index is 6.12. The van der Waals surface area contributed by atoms with E-state index in [1.807, 2.05) is 18.2 Å². The number of pyridine rings is 1. The van der Waals surface area contributed by atoms with E-state index >= 15 is 0 Å². The van der Waals surface area contributed by atoms with Crippen LogP contribution in [-0.2, 0) is 12.8 Å². The van der Waals surface area contributed by atoms with Gasteiger partial charge in [-0.1, -0.05) is 11.6 Å². The number of nitrogens with one attached hydrogen (secondary N) is 1. The van der Waals surface area contributed by atoms with Crippen LogP contribution in [0.4, 0.5) is 5.69 Å². The van der Waals surface area contributed by atoms with Crippen molar-refractivity contribution in [2.24, 2.45) is 0 Å². The fourth-order valence-corrected chi connectivity index (χ4v) is 2.95. The number of rotatable bonds is 2. The van der Waals surface area contributed by atoms with Gasteiger partial charge in [-0.3, -0.25) is 4.98 Å². The highest BCUT2D eigenvalue weighted by Crippen LogP contribution is 2.34. The van der Waals surface area contributed by atoms with Gasteiger partial charge >= 0.3 is 0 Å². The molecule has 0 unspecified atom stereocenters. The van der Waals surface area contributed by atoms with E-state index in [-0.39, 0.29) is 0 Å². The van der Waals surface area contributed by atoms with Crippen molar-refractivity contribution in [1.29, 1.82) is 0 Å². The second-order valence-electron chi connectivity index (χ2n) is 4.81. The van der Waals surface area contributed by atoms with E-state index in [1.54, 1.807) is 0 Å². The van der Waals surface area contributed by atoms with Gasteiger partial charge in [0.2, 0.25) is 0 Å². The molecular formula is C15H17ClN2. The molecular weight excluding hydrogens is 244 g/mol. The summed E-state index contributed by atoms with van der Waals surface area (Å²) < 4.78 is 0. The second-order valence-corrected chi connectivity index (χ2v) is 5.25. The zero-order valence-corrected chi connectivity index (χ0v) is 11.3.